The first-order valence-electron chi connectivity index (χ1n) is 6.43. The highest BCUT2D eigenvalue weighted by Crippen LogP contribution is 2.13. The Hall–Kier alpha value is -1.85. The zero-order valence-corrected chi connectivity index (χ0v) is 11.9. The van der Waals surface area contributed by atoms with Gasteiger partial charge in [-0.15, -0.1) is 0 Å². The molecule has 2 N–H and O–H groups in total. The predicted octanol–water partition coefficient (Wildman–Crippen LogP) is 1.36. The molecule has 106 valence electrons. The summed E-state index contributed by atoms with van der Waals surface area (Å²) < 4.78 is 1.81. The lowest BCUT2D eigenvalue weighted by molar-refractivity contribution is -0.140. The van der Waals surface area contributed by atoms with Crippen LogP contribution in [0.4, 0.5) is 0 Å². The number of hydrogen-bond acceptors (Lipinski definition) is 3. The standard InChI is InChI=1S/C13H21N3O3/c1-5-6-16-10(4)11(9(3)15-16)12(17)14-7-8(2)13(18)19/h8H,5-7H2,1-4H3,(H,14,17)(H,18,19). The Bertz CT molecular complexity index is 480. The Morgan fingerprint density at radius 3 is 2.58 bits per heavy atom. The summed E-state index contributed by atoms with van der Waals surface area (Å²) in [5.74, 6) is -1.78. The largest absolute Gasteiger partial charge is 0.481 e. The molecule has 0 spiro atoms. The number of carboxylic acids is 1. The Morgan fingerprint density at radius 1 is 1.42 bits per heavy atom. The molecule has 1 aromatic heterocycles. The van der Waals surface area contributed by atoms with Crippen molar-refractivity contribution in [1.29, 1.82) is 0 Å². The summed E-state index contributed by atoms with van der Waals surface area (Å²) in [6, 6.07) is 0. The second-order valence-corrected chi connectivity index (χ2v) is 4.72. The van der Waals surface area contributed by atoms with Gasteiger partial charge in [0.2, 0.25) is 0 Å². The molecule has 6 nitrogen and oxygen atoms in total. The fourth-order valence-corrected chi connectivity index (χ4v) is 1.88. The Labute approximate surface area is 112 Å². The molecule has 1 aromatic rings. The molecule has 0 aromatic carbocycles. The zero-order valence-electron chi connectivity index (χ0n) is 11.9. The molecule has 0 aliphatic carbocycles. The topological polar surface area (TPSA) is 84.2 Å². The van der Waals surface area contributed by atoms with Crippen molar-refractivity contribution in [3.05, 3.63) is 17.0 Å². The number of amides is 1. The van der Waals surface area contributed by atoms with E-state index in [-0.39, 0.29) is 12.5 Å². The van der Waals surface area contributed by atoms with E-state index < -0.39 is 11.9 Å². The van der Waals surface area contributed by atoms with Crippen LogP contribution >= 0.6 is 0 Å². The van der Waals surface area contributed by atoms with Crippen LogP contribution in [0.2, 0.25) is 0 Å². The van der Waals surface area contributed by atoms with Gasteiger partial charge < -0.3 is 10.4 Å². The van der Waals surface area contributed by atoms with Gasteiger partial charge in [-0.3, -0.25) is 14.3 Å². The van der Waals surface area contributed by atoms with Crippen molar-refractivity contribution in [1.82, 2.24) is 15.1 Å². The van der Waals surface area contributed by atoms with Crippen LogP contribution in [0, 0.1) is 19.8 Å². The van der Waals surface area contributed by atoms with Gasteiger partial charge in [-0.2, -0.15) is 5.10 Å². The average Bonchev–Trinajstić information content (AvgIpc) is 2.61. The first kappa shape index (κ1) is 15.2. The summed E-state index contributed by atoms with van der Waals surface area (Å²) in [7, 11) is 0. The van der Waals surface area contributed by atoms with Crippen molar-refractivity contribution in [2.75, 3.05) is 6.54 Å². The van der Waals surface area contributed by atoms with Gasteiger partial charge in [0, 0.05) is 18.8 Å². The fraction of sp³-hybridized carbons (Fsp3) is 0.615. The lowest BCUT2D eigenvalue weighted by atomic mass is 10.1. The lowest BCUT2D eigenvalue weighted by Crippen LogP contribution is -2.32. The maximum atomic E-state index is 12.1. The second kappa shape index (κ2) is 6.36. The molecule has 0 bridgehead atoms. The van der Waals surface area contributed by atoms with E-state index in [4.69, 9.17) is 5.11 Å². The van der Waals surface area contributed by atoms with Gasteiger partial charge in [-0.05, 0) is 20.3 Å². The first-order valence-corrected chi connectivity index (χ1v) is 6.43. The summed E-state index contributed by atoms with van der Waals surface area (Å²) >= 11 is 0. The van der Waals surface area contributed by atoms with Gasteiger partial charge in [0.1, 0.15) is 0 Å². The minimum atomic E-state index is -0.921. The van der Waals surface area contributed by atoms with Gasteiger partial charge in [0.15, 0.2) is 0 Å². The Balaban J connectivity index is 2.80. The Kier molecular flexibility index (Phi) is 5.09. The SMILES string of the molecule is CCCn1nc(C)c(C(=O)NCC(C)C(=O)O)c1C. The number of rotatable bonds is 6. The van der Waals surface area contributed by atoms with E-state index in [1.807, 2.05) is 18.5 Å². The smallest absolute Gasteiger partial charge is 0.308 e. The van der Waals surface area contributed by atoms with Crippen molar-refractivity contribution < 1.29 is 14.7 Å². The van der Waals surface area contributed by atoms with Crippen LogP contribution in [-0.2, 0) is 11.3 Å². The highest BCUT2D eigenvalue weighted by Gasteiger charge is 2.19. The Morgan fingerprint density at radius 2 is 2.05 bits per heavy atom. The van der Waals surface area contributed by atoms with Crippen LogP contribution in [0.3, 0.4) is 0 Å². The minimum Gasteiger partial charge on any atom is -0.481 e. The number of nitrogens with zero attached hydrogens (tertiary/aromatic N) is 2. The van der Waals surface area contributed by atoms with Crippen LogP contribution in [-0.4, -0.2) is 33.3 Å². The summed E-state index contributed by atoms with van der Waals surface area (Å²) in [5, 5.41) is 15.7. The predicted molar refractivity (Wildman–Crippen MR) is 71.1 cm³/mol. The third-order valence-corrected chi connectivity index (χ3v) is 3.03. The highest BCUT2D eigenvalue weighted by molar-refractivity contribution is 5.96. The summed E-state index contributed by atoms with van der Waals surface area (Å²) in [4.78, 5) is 22.8. The normalized spacial score (nSPS) is 12.2. The van der Waals surface area contributed by atoms with E-state index in [1.54, 1.807) is 13.8 Å². The summed E-state index contributed by atoms with van der Waals surface area (Å²) in [5.41, 5.74) is 2.04. The zero-order chi connectivity index (χ0) is 14.6. The van der Waals surface area contributed by atoms with Crippen molar-refractivity contribution in [2.45, 2.75) is 40.7 Å². The highest BCUT2D eigenvalue weighted by atomic mass is 16.4. The molecule has 0 radical (unpaired) electrons. The van der Waals surface area contributed by atoms with E-state index in [0.717, 1.165) is 18.7 Å². The number of carbonyl (C=O) groups excluding carboxylic acids is 1. The molecule has 0 aliphatic rings. The first-order chi connectivity index (χ1) is 8.88. The van der Waals surface area contributed by atoms with Gasteiger partial charge in [-0.1, -0.05) is 13.8 Å². The molecular formula is C13H21N3O3. The number of carboxylic acid groups (broad SMARTS) is 1. The van der Waals surface area contributed by atoms with E-state index >= 15 is 0 Å². The van der Waals surface area contributed by atoms with Crippen molar-refractivity contribution in [3.8, 4) is 0 Å². The molecule has 1 rings (SSSR count). The summed E-state index contributed by atoms with van der Waals surface area (Å²) in [6.07, 6.45) is 0.944. The van der Waals surface area contributed by atoms with Crippen molar-refractivity contribution in [2.24, 2.45) is 5.92 Å². The third kappa shape index (κ3) is 3.56. The maximum absolute atomic E-state index is 12.1. The molecule has 1 atom stereocenters. The molecule has 6 heteroatoms. The molecule has 0 fully saturated rings. The van der Waals surface area contributed by atoms with Crippen LogP contribution < -0.4 is 5.32 Å². The molecule has 0 aliphatic heterocycles. The van der Waals surface area contributed by atoms with E-state index in [1.165, 1.54) is 0 Å². The van der Waals surface area contributed by atoms with Crippen LogP contribution in [0.5, 0.6) is 0 Å². The number of carbonyl (C=O) groups is 2. The molecular weight excluding hydrogens is 246 g/mol. The number of aliphatic carboxylic acids is 1. The van der Waals surface area contributed by atoms with Gasteiger partial charge in [0.25, 0.3) is 5.91 Å². The minimum absolute atomic E-state index is 0.117. The van der Waals surface area contributed by atoms with Crippen LogP contribution in [0.25, 0.3) is 0 Å². The lowest BCUT2D eigenvalue weighted by Gasteiger charge is -2.09. The van der Waals surface area contributed by atoms with E-state index in [2.05, 4.69) is 10.4 Å². The molecule has 0 saturated carbocycles. The average molecular weight is 267 g/mol. The van der Waals surface area contributed by atoms with Gasteiger partial charge in [0.05, 0.1) is 17.2 Å². The van der Waals surface area contributed by atoms with Gasteiger partial charge in [-0.25, -0.2) is 0 Å². The summed E-state index contributed by atoms with van der Waals surface area (Å²) in [6.45, 7) is 8.13. The molecule has 0 saturated heterocycles. The number of nitrogens with one attached hydrogen (secondary N) is 1. The van der Waals surface area contributed by atoms with E-state index in [0.29, 0.717) is 11.3 Å². The number of hydrogen-bond donors (Lipinski definition) is 2. The number of aryl methyl sites for hydroxylation is 2. The quantitative estimate of drug-likeness (QED) is 0.815. The van der Waals surface area contributed by atoms with Crippen LogP contribution in [0.15, 0.2) is 0 Å². The monoisotopic (exact) mass is 267 g/mol. The van der Waals surface area contributed by atoms with Crippen molar-refractivity contribution in [3.63, 3.8) is 0 Å². The molecule has 1 heterocycles. The fourth-order valence-electron chi connectivity index (χ4n) is 1.88. The maximum Gasteiger partial charge on any atom is 0.308 e. The van der Waals surface area contributed by atoms with Gasteiger partial charge >= 0.3 is 5.97 Å². The molecule has 1 unspecified atom stereocenters. The molecule has 1 amide bonds. The number of aromatic nitrogens is 2. The van der Waals surface area contributed by atoms with Crippen molar-refractivity contribution >= 4 is 11.9 Å². The second-order valence-electron chi connectivity index (χ2n) is 4.72. The van der Waals surface area contributed by atoms with Crippen LogP contribution in [0.1, 0.15) is 42.0 Å². The van der Waals surface area contributed by atoms with E-state index in [9.17, 15) is 9.59 Å². The third-order valence-electron chi connectivity index (χ3n) is 3.03. The molecule has 19 heavy (non-hydrogen) atoms.